The van der Waals surface area contributed by atoms with Gasteiger partial charge in [0.1, 0.15) is 0 Å². The van der Waals surface area contributed by atoms with Crippen LogP contribution in [0.3, 0.4) is 0 Å². The summed E-state index contributed by atoms with van der Waals surface area (Å²) in [6, 6.07) is 26.5. The minimum Gasteiger partial charge on any atom is -0.315 e. The largest absolute Gasteiger partial charge is 0.315 e. The fraction of sp³-hybridized carbons (Fsp3) is 0.192. The highest BCUT2D eigenvalue weighted by molar-refractivity contribution is 8.00. The van der Waals surface area contributed by atoms with Gasteiger partial charge in [-0.15, -0.1) is 0 Å². The molecule has 2 atom stereocenters. The smallest absolute Gasteiger partial charge is 0.262 e. The molecule has 3 aromatic carbocycles. The third-order valence-corrected chi connectivity index (χ3v) is 6.60. The highest BCUT2D eigenvalue weighted by atomic mass is 32.2. The van der Waals surface area contributed by atoms with E-state index in [-0.39, 0.29) is 17.5 Å². The normalized spacial score (nSPS) is 13.0. The Kier molecular flexibility index (Phi) is 6.42. The van der Waals surface area contributed by atoms with Crippen LogP contribution in [0.25, 0.3) is 10.9 Å². The maximum atomic E-state index is 13.5. The molecule has 0 aliphatic rings. The van der Waals surface area contributed by atoms with Crippen molar-refractivity contribution in [3.05, 3.63) is 101 Å². The van der Waals surface area contributed by atoms with Crippen LogP contribution in [0.5, 0.6) is 0 Å². The lowest BCUT2D eigenvalue weighted by atomic mass is 10.1. The summed E-state index contributed by atoms with van der Waals surface area (Å²) in [5.41, 5.74) is 2.36. The molecule has 4 aromatic rings. The minimum atomic E-state index is -0.428. The molecule has 0 radical (unpaired) electrons. The summed E-state index contributed by atoms with van der Waals surface area (Å²) < 4.78 is 1.70. The third kappa shape index (κ3) is 4.32. The molecule has 162 valence electrons. The van der Waals surface area contributed by atoms with Crippen molar-refractivity contribution in [1.82, 2.24) is 9.55 Å². The molecule has 0 aliphatic heterocycles. The highest BCUT2D eigenvalue weighted by Crippen LogP contribution is 2.29. The van der Waals surface area contributed by atoms with Gasteiger partial charge in [0.15, 0.2) is 5.16 Å². The van der Waals surface area contributed by atoms with Crippen LogP contribution in [-0.2, 0) is 4.79 Å². The summed E-state index contributed by atoms with van der Waals surface area (Å²) in [4.78, 5) is 33.1. The lowest BCUT2D eigenvalue weighted by Gasteiger charge is -2.24. The Hall–Kier alpha value is -3.38. The van der Waals surface area contributed by atoms with E-state index in [1.54, 1.807) is 22.6 Å². The molecule has 1 amide bonds. The SMILES string of the molecule is C[C@H](Sc1nc2ccccc2c(=O)n1[C@H](C)c1ccccc1)C(=O)N(C)c1ccccc1. The average molecular weight is 444 g/mol. The maximum Gasteiger partial charge on any atom is 0.262 e. The first-order valence-electron chi connectivity index (χ1n) is 10.5. The first kappa shape index (κ1) is 21.8. The van der Waals surface area contributed by atoms with Crippen LogP contribution in [0, 0.1) is 0 Å². The molecule has 1 aromatic heterocycles. The van der Waals surface area contributed by atoms with Crippen LogP contribution in [0.15, 0.2) is 94.9 Å². The fourth-order valence-corrected chi connectivity index (χ4v) is 4.77. The number of anilines is 1. The van der Waals surface area contributed by atoms with Gasteiger partial charge in [0, 0.05) is 12.7 Å². The molecule has 0 saturated carbocycles. The van der Waals surface area contributed by atoms with Crippen molar-refractivity contribution in [3.63, 3.8) is 0 Å². The van der Waals surface area contributed by atoms with E-state index in [1.165, 1.54) is 11.8 Å². The van der Waals surface area contributed by atoms with E-state index in [0.29, 0.717) is 16.1 Å². The Morgan fingerprint density at radius 2 is 1.50 bits per heavy atom. The van der Waals surface area contributed by atoms with Crippen LogP contribution < -0.4 is 10.5 Å². The number of hydrogen-bond acceptors (Lipinski definition) is 4. The monoisotopic (exact) mass is 443 g/mol. The summed E-state index contributed by atoms with van der Waals surface area (Å²) in [7, 11) is 1.77. The van der Waals surface area contributed by atoms with E-state index >= 15 is 0 Å². The van der Waals surface area contributed by atoms with E-state index in [4.69, 9.17) is 4.98 Å². The van der Waals surface area contributed by atoms with Crippen LogP contribution in [0.4, 0.5) is 5.69 Å². The van der Waals surface area contributed by atoms with Gasteiger partial charge in [-0.1, -0.05) is 72.4 Å². The van der Waals surface area contributed by atoms with Gasteiger partial charge < -0.3 is 4.90 Å². The van der Waals surface area contributed by atoms with Crippen LogP contribution in [0.2, 0.25) is 0 Å². The van der Waals surface area contributed by atoms with Crippen LogP contribution >= 0.6 is 11.8 Å². The zero-order chi connectivity index (χ0) is 22.7. The third-order valence-electron chi connectivity index (χ3n) is 5.55. The van der Waals surface area contributed by atoms with Crippen molar-refractivity contribution in [2.45, 2.75) is 30.3 Å². The Balaban J connectivity index is 1.74. The van der Waals surface area contributed by atoms with E-state index in [9.17, 15) is 9.59 Å². The lowest BCUT2D eigenvalue weighted by Crippen LogP contribution is -2.34. The van der Waals surface area contributed by atoms with E-state index in [1.807, 2.05) is 92.7 Å². The highest BCUT2D eigenvalue weighted by Gasteiger charge is 2.24. The Morgan fingerprint density at radius 3 is 2.19 bits per heavy atom. The molecule has 1 heterocycles. The minimum absolute atomic E-state index is 0.0532. The molecule has 0 N–H and O–H groups in total. The van der Waals surface area contributed by atoms with Gasteiger partial charge >= 0.3 is 0 Å². The number of para-hydroxylation sites is 2. The molecule has 0 fully saturated rings. The summed E-state index contributed by atoms with van der Waals surface area (Å²) in [5, 5.41) is 0.676. The van der Waals surface area contributed by atoms with Gasteiger partial charge in [0.25, 0.3) is 5.56 Å². The van der Waals surface area contributed by atoms with Crippen molar-refractivity contribution in [3.8, 4) is 0 Å². The number of aromatic nitrogens is 2. The summed E-state index contributed by atoms with van der Waals surface area (Å²) in [6.07, 6.45) is 0. The van der Waals surface area contributed by atoms with Gasteiger partial charge in [-0.3, -0.25) is 14.2 Å². The molecule has 0 aliphatic carbocycles. The quantitative estimate of drug-likeness (QED) is 0.305. The second-order valence-corrected chi connectivity index (χ2v) is 8.97. The molecule has 4 rings (SSSR count). The van der Waals surface area contributed by atoms with E-state index < -0.39 is 5.25 Å². The van der Waals surface area contributed by atoms with Gasteiger partial charge in [-0.05, 0) is 43.7 Å². The Morgan fingerprint density at radius 1 is 0.906 bits per heavy atom. The zero-order valence-electron chi connectivity index (χ0n) is 18.3. The van der Waals surface area contributed by atoms with Crippen molar-refractivity contribution in [2.24, 2.45) is 0 Å². The number of nitrogens with zero attached hydrogens (tertiary/aromatic N) is 3. The van der Waals surface area contributed by atoms with Crippen LogP contribution in [0.1, 0.15) is 25.5 Å². The van der Waals surface area contributed by atoms with Crippen molar-refractivity contribution >= 4 is 34.3 Å². The number of benzene rings is 3. The Bertz CT molecular complexity index is 1290. The first-order valence-corrected chi connectivity index (χ1v) is 11.4. The number of carbonyl (C=O) groups excluding carboxylic acids is 1. The fourth-order valence-electron chi connectivity index (χ4n) is 3.69. The number of hydrogen-bond donors (Lipinski definition) is 0. The molecule has 0 spiro atoms. The summed E-state index contributed by atoms with van der Waals surface area (Å²) >= 11 is 1.31. The predicted molar refractivity (Wildman–Crippen MR) is 131 cm³/mol. The summed E-state index contributed by atoms with van der Waals surface area (Å²) in [5.74, 6) is -0.0532. The predicted octanol–water partition coefficient (Wildman–Crippen LogP) is 5.15. The molecule has 6 heteroatoms. The van der Waals surface area contributed by atoms with Gasteiger partial charge in [-0.2, -0.15) is 0 Å². The topological polar surface area (TPSA) is 55.2 Å². The molecule has 5 nitrogen and oxygen atoms in total. The van der Waals surface area contributed by atoms with Crippen molar-refractivity contribution < 1.29 is 4.79 Å². The zero-order valence-corrected chi connectivity index (χ0v) is 19.1. The second kappa shape index (κ2) is 9.40. The van der Waals surface area contributed by atoms with Crippen LogP contribution in [-0.4, -0.2) is 27.8 Å². The maximum absolute atomic E-state index is 13.5. The van der Waals surface area contributed by atoms with E-state index in [0.717, 1.165) is 11.3 Å². The number of amides is 1. The van der Waals surface area contributed by atoms with E-state index in [2.05, 4.69) is 0 Å². The standard InChI is InChI=1S/C26H25N3O2S/c1-18(20-12-6-4-7-13-20)29-25(31)22-16-10-11-17-23(22)27-26(29)32-19(2)24(30)28(3)21-14-8-5-9-15-21/h4-19H,1-3H3/t18-,19+/m1/s1. The Labute approximate surface area is 191 Å². The van der Waals surface area contributed by atoms with Gasteiger partial charge in [0.05, 0.1) is 22.2 Å². The molecule has 32 heavy (non-hydrogen) atoms. The average Bonchev–Trinajstić information content (AvgIpc) is 2.84. The number of rotatable bonds is 6. The first-order chi connectivity index (χ1) is 15.5. The molecular weight excluding hydrogens is 418 g/mol. The summed E-state index contributed by atoms with van der Waals surface area (Å²) in [6.45, 7) is 3.84. The molecule has 0 bridgehead atoms. The molecule has 0 saturated heterocycles. The molecule has 0 unspecified atom stereocenters. The van der Waals surface area contributed by atoms with Crippen molar-refractivity contribution in [1.29, 1.82) is 0 Å². The van der Waals surface area contributed by atoms with Gasteiger partial charge in [-0.25, -0.2) is 4.98 Å². The molecular formula is C26H25N3O2S. The number of thioether (sulfide) groups is 1. The second-order valence-electron chi connectivity index (χ2n) is 7.67. The number of fused-ring (bicyclic) bond motifs is 1. The van der Waals surface area contributed by atoms with Crippen molar-refractivity contribution in [2.75, 3.05) is 11.9 Å². The lowest BCUT2D eigenvalue weighted by molar-refractivity contribution is -0.117. The number of carbonyl (C=O) groups is 1. The van der Waals surface area contributed by atoms with Gasteiger partial charge in [0.2, 0.25) is 5.91 Å².